The molecule has 0 fully saturated rings. The van der Waals surface area contributed by atoms with Crippen LogP contribution >= 0.6 is 11.8 Å². The predicted octanol–water partition coefficient (Wildman–Crippen LogP) is 2.10. The molecule has 142 valence electrons. The lowest BCUT2D eigenvalue weighted by atomic mass is 10.2. The number of benzene rings is 1. The number of thioether (sulfide) groups is 1. The van der Waals surface area contributed by atoms with Gasteiger partial charge >= 0.3 is 0 Å². The maximum atomic E-state index is 12.6. The van der Waals surface area contributed by atoms with Crippen molar-refractivity contribution in [3.05, 3.63) is 48.7 Å². The Balaban J connectivity index is 1.63. The number of rotatable bonds is 7. The summed E-state index contributed by atoms with van der Waals surface area (Å²) in [6.07, 6.45) is 3.23. The highest BCUT2D eigenvalue weighted by Crippen LogP contribution is 2.30. The summed E-state index contributed by atoms with van der Waals surface area (Å²) >= 11 is 1.60. The van der Waals surface area contributed by atoms with E-state index in [9.17, 15) is 9.59 Å². The zero-order valence-electron chi connectivity index (χ0n) is 14.9. The Morgan fingerprint density at radius 2 is 2.00 bits per heavy atom. The van der Waals surface area contributed by atoms with Crippen LogP contribution in [0.25, 0.3) is 0 Å². The quantitative estimate of drug-likeness (QED) is 0.756. The number of carbonyl (C=O) groups excluding carboxylic acids is 2. The lowest BCUT2D eigenvalue weighted by Gasteiger charge is -2.27. The second-order valence-corrected chi connectivity index (χ2v) is 6.90. The highest BCUT2D eigenvalue weighted by atomic mass is 32.2. The highest BCUT2D eigenvalue weighted by Gasteiger charge is 2.30. The van der Waals surface area contributed by atoms with Crippen molar-refractivity contribution in [2.75, 3.05) is 23.9 Å². The van der Waals surface area contributed by atoms with Gasteiger partial charge in [-0.05, 0) is 42.7 Å². The van der Waals surface area contributed by atoms with Crippen molar-refractivity contribution in [1.29, 1.82) is 0 Å². The third-order valence-electron chi connectivity index (χ3n) is 3.96. The maximum Gasteiger partial charge on any atom is 0.265 e. The van der Waals surface area contributed by atoms with Crippen molar-refractivity contribution in [3.8, 4) is 11.5 Å². The summed E-state index contributed by atoms with van der Waals surface area (Å²) < 4.78 is 11.3. The van der Waals surface area contributed by atoms with Crippen molar-refractivity contribution >= 4 is 29.4 Å². The van der Waals surface area contributed by atoms with Gasteiger partial charge in [0.2, 0.25) is 12.0 Å². The van der Waals surface area contributed by atoms with Gasteiger partial charge in [-0.1, -0.05) is 18.2 Å². The van der Waals surface area contributed by atoms with Crippen LogP contribution in [-0.2, 0) is 9.59 Å². The van der Waals surface area contributed by atoms with E-state index in [1.165, 1.54) is 0 Å². The third-order valence-corrected chi connectivity index (χ3v) is 4.60. The fourth-order valence-corrected chi connectivity index (χ4v) is 3.04. The molecule has 2 heterocycles. The molecule has 0 spiro atoms. The number of amides is 2. The number of hydrogen-bond donors (Lipinski definition) is 2. The first-order valence-corrected chi connectivity index (χ1v) is 9.96. The van der Waals surface area contributed by atoms with Gasteiger partial charge in [0.25, 0.3) is 5.91 Å². The Labute approximate surface area is 161 Å². The molecule has 0 saturated carbocycles. The molecular formula is C19H21N3O4S. The topological polar surface area (TPSA) is 89.5 Å². The summed E-state index contributed by atoms with van der Waals surface area (Å²) in [5, 5.41) is 5.50. The van der Waals surface area contributed by atoms with Gasteiger partial charge in [0.15, 0.2) is 11.5 Å². The van der Waals surface area contributed by atoms with Crippen molar-refractivity contribution in [2.24, 2.45) is 0 Å². The highest BCUT2D eigenvalue weighted by molar-refractivity contribution is 7.98. The van der Waals surface area contributed by atoms with Crippen molar-refractivity contribution < 1.29 is 19.1 Å². The molecule has 0 saturated heterocycles. The van der Waals surface area contributed by atoms with Gasteiger partial charge in [0.1, 0.15) is 18.5 Å². The van der Waals surface area contributed by atoms with E-state index in [1.54, 1.807) is 48.3 Å². The van der Waals surface area contributed by atoms with Crippen LogP contribution in [0.2, 0.25) is 0 Å². The monoisotopic (exact) mass is 387 g/mol. The minimum Gasteiger partial charge on any atom is -0.485 e. The zero-order chi connectivity index (χ0) is 19.1. The van der Waals surface area contributed by atoms with E-state index in [-0.39, 0.29) is 18.4 Å². The van der Waals surface area contributed by atoms with E-state index < -0.39 is 12.1 Å². The summed E-state index contributed by atoms with van der Waals surface area (Å²) in [5.74, 6) is 1.60. The molecule has 3 rings (SSSR count). The average Bonchev–Trinajstić information content (AvgIpc) is 2.71. The minimum atomic E-state index is -0.806. The normalized spacial score (nSPS) is 16.3. The second-order valence-electron chi connectivity index (χ2n) is 5.91. The summed E-state index contributed by atoms with van der Waals surface area (Å²) in [6.45, 7) is 0.0972. The number of para-hydroxylation sites is 2. The third kappa shape index (κ3) is 5.13. The van der Waals surface area contributed by atoms with Crippen molar-refractivity contribution in [3.63, 3.8) is 0 Å². The molecule has 2 aromatic rings. The number of fused-ring (bicyclic) bond motifs is 1. The smallest absolute Gasteiger partial charge is 0.265 e. The van der Waals surface area contributed by atoms with Crippen LogP contribution in [0.4, 0.5) is 5.82 Å². The molecular weight excluding hydrogens is 366 g/mol. The Morgan fingerprint density at radius 1 is 1.22 bits per heavy atom. The van der Waals surface area contributed by atoms with Gasteiger partial charge in [-0.3, -0.25) is 9.59 Å². The molecule has 0 bridgehead atoms. The van der Waals surface area contributed by atoms with E-state index in [1.807, 2.05) is 18.4 Å². The molecule has 1 unspecified atom stereocenters. The molecule has 0 radical (unpaired) electrons. The first kappa shape index (κ1) is 19.0. The van der Waals surface area contributed by atoms with Gasteiger partial charge in [0, 0.05) is 6.20 Å². The van der Waals surface area contributed by atoms with Gasteiger partial charge in [-0.2, -0.15) is 11.8 Å². The SMILES string of the molecule is CSCC[C@H](NC(=O)C1COc2ccccc2O1)C(=O)Nc1ccccn1. The summed E-state index contributed by atoms with van der Waals surface area (Å²) in [4.78, 5) is 29.3. The molecule has 2 amide bonds. The van der Waals surface area contributed by atoms with Crippen molar-refractivity contribution in [1.82, 2.24) is 10.3 Å². The number of anilines is 1. The molecule has 1 aromatic heterocycles. The van der Waals surface area contributed by atoms with E-state index >= 15 is 0 Å². The largest absolute Gasteiger partial charge is 0.485 e. The number of nitrogens with one attached hydrogen (secondary N) is 2. The summed E-state index contributed by atoms with van der Waals surface area (Å²) in [6, 6.07) is 11.7. The Morgan fingerprint density at radius 3 is 2.74 bits per heavy atom. The first-order valence-electron chi connectivity index (χ1n) is 8.57. The molecule has 2 atom stereocenters. The van der Waals surface area contributed by atoms with Crippen LogP contribution in [0, 0.1) is 0 Å². The Bertz CT molecular complexity index is 788. The fourth-order valence-electron chi connectivity index (χ4n) is 2.57. The van der Waals surface area contributed by atoms with Gasteiger partial charge in [0.05, 0.1) is 0 Å². The molecule has 1 aromatic carbocycles. The first-order chi connectivity index (χ1) is 13.2. The lowest BCUT2D eigenvalue weighted by molar-refractivity contribution is -0.133. The molecule has 0 aliphatic carbocycles. The minimum absolute atomic E-state index is 0.0972. The second kappa shape index (κ2) is 9.27. The van der Waals surface area contributed by atoms with E-state index in [4.69, 9.17) is 9.47 Å². The van der Waals surface area contributed by atoms with Crippen LogP contribution in [0.1, 0.15) is 6.42 Å². The van der Waals surface area contributed by atoms with Gasteiger partial charge in [-0.15, -0.1) is 0 Å². The van der Waals surface area contributed by atoms with Crippen LogP contribution in [-0.4, -0.2) is 47.6 Å². The fraction of sp³-hybridized carbons (Fsp3) is 0.316. The zero-order valence-corrected chi connectivity index (χ0v) is 15.7. The Hall–Kier alpha value is -2.74. The maximum absolute atomic E-state index is 12.6. The lowest BCUT2D eigenvalue weighted by Crippen LogP contribution is -2.51. The average molecular weight is 387 g/mol. The number of carbonyl (C=O) groups is 2. The van der Waals surface area contributed by atoms with Crippen molar-refractivity contribution in [2.45, 2.75) is 18.6 Å². The molecule has 1 aliphatic rings. The van der Waals surface area contributed by atoms with Crippen LogP contribution < -0.4 is 20.1 Å². The standard InChI is InChI=1S/C19H21N3O4S/c1-27-11-9-13(18(23)22-17-8-4-5-10-20-17)21-19(24)16-12-25-14-6-2-3-7-15(14)26-16/h2-8,10,13,16H,9,11-12H2,1H3,(H,21,24)(H,20,22,23)/t13-,16?/m0/s1. The van der Waals surface area contributed by atoms with E-state index in [2.05, 4.69) is 15.6 Å². The van der Waals surface area contributed by atoms with Crippen LogP contribution in [0.5, 0.6) is 11.5 Å². The number of pyridine rings is 1. The summed E-state index contributed by atoms with van der Waals surface area (Å²) in [7, 11) is 0. The predicted molar refractivity (Wildman–Crippen MR) is 104 cm³/mol. The van der Waals surface area contributed by atoms with Gasteiger partial charge in [-0.25, -0.2) is 4.98 Å². The number of ether oxygens (including phenoxy) is 2. The van der Waals surface area contributed by atoms with Gasteiger partial charge < -0.3 is 20.1 Å². The molecule has 2 N–H and O–H groups in total. The van der Waals surface area contributed by atoms with E-state index in [0.29, 0.717) is 23.7 Å². The van der Waals surface area contributed by atoms with Crippen LogP contribution in [0.15, 0.2) is 48.7 Å². The number of nitrogens with zero attached hydrogens (tertiary/aromatic N) is 1. The molecule has 1 aliphatic heterocycles. The number of hydrogen-bond acceptors (Lipinski definition) is 6. The number of aromatic nitrogens is 1. The van der Waals surface area contributed by atoms with Crippen LogP contribution in [0.3, 0.4) is 0 Å². The molecule has 7 nitrogen and oxygen atoms in total. The Kier molecular flexibility index (Phi) is 6.54. The summed E-state index contributed by atoms with van der Waals surface area (Å²) in [5.41, 5.74) is 0. The molecule has 27 heavy (non-hydrogen) atoms. The molecule has 8 heteroatoms. The van der Waals surface area contributed by atoms with E-state index in [0.717, 1.165) is 5.75 Å².